The largest absolute Gasteiger partial charge is 0.357 e. The van der Waals surface area contributed by atoms with E-state index in [0.717, 1.165) is 5.39 Å². The summed E-state index contributed by atoms with van der Waals surface area (Å²) >= 11 is 0. The van der Waals surface area contributed by atoms with Gasteiger partial charge in [0.25, 0.3) is 0 Å². The number of benzene rings is 2. The summed E-state index contributed by atoms with van der Waals surface area (Å²) in [7, 11) is -4.20. The summed E-state index contributed by atoms with van der Waals surface area (Å²) in [5.74, 6) is 0. The Morgan fingerprint density at radius 1 is 1.07 bits per heavy atom. The average Bonchev–Trinajstić information content (AvgIpc) is 2.15. The van der Waals surface area contributed by atoms with Gasteiger partial charge in [0.1, 0.15) is 0 Å². The van der Waals surface area contributed by atoms with Gasteiger partial charge in [-0.2, -0.15) is 0 Å². The second kappa shape index (κ2) is 3.46. The van der Waals surface area contributed by atoms with Crippen LogP contribution in [0, 0.1) is 6.92 Å². The molecule has 15 heavy (non-hydrogen) atoms. The Bertz CT molecular complexity index is 557. The van der Waals surface area contributed by atoms with Gasteiger partial charge in [-0.15, -0.1) is 0 Å². The van der Waals surface area contributed by atoms with Crippen LogP contribution in [0.25, 0.3) is 10.8 Å². The minimum atomic E-state index is -4.20. The van der Waals surface area contributed by atoms with Crippen molar-refractivity contribution in [2.45, 2.75) is 6.92 Å². The van der Waals surface area contributed by atoms with Crippen LogP contribution in [0.4, 0.5) is 0 Å². The predicted molar refractivity (Wildman–Crippen MR) is 60.4 cm³/mol. The van der Waals surface area contributed by atoms with Crippen molar-refractivity contribution >= 4 is 23.7 Å². The van der Waals surface area contributed by atoms with Gasteiger partial charge in [0.05, 0.1) is 5.30 Å². The van der Waals surface area contributed by atoms with Crippen molar-refractivity contribution in [2.75, 3.05) is 0 Å². The van der Waals surface area contributed by atoms with E-state index >= 15 is 0 Å². The molecule has 0 fully saturated rings. The highest BCUT2D eigenvalue weighted by Crippen LogP contribution is 2.37. The molecule has 0 atom stereocenters. The smallest absolute Gasteiger partial charge is 0.321 e. The molecule has 0 radical (unpaired) electrons. The van der Waals surface area contributed by atoms with Crippen molar-refractivity contribution in [3.8, 4) is 0 Å². The summed E-state index contributed by atoms with van der Waals surface area (Å²) in [5.41, 5.74) is 0.627. The zero-order valence-electron chi connectivity index (χ0n) is 8.21. The van der Waals surface area contributed by atoms with Gasteiger partial charge in [0.15, 0.2) is 0 Å². The molecule has 0 saturated carbocycles. The Balaban J connectivity index is 2.92. The van der Waals surface area contributed by atoms with Crippen LogP contribution < -0.4 is 5.30 Å². The Kier molecular flexibility index (Phi) is 2.39. The molecule has 2 rings (SSSR count). The van der Waals surface area contributed by atoms with Gasteiger partial charge in [-0.1, -0.05) is 36.4 Å². The molecule has 3 nitrogen and oxygen atoms in total. The van der Waals surface area contributed by atoms with E-state index < -0.39 is 7.60 Å². The van der Waals surface area contributed by atoms with Crippen LogP contribution in [0.5, 0.6) is 0 Å². The van der Waals surface area contributed by atoms with E-state index in [4.69, 9.17) is 0 Å². The molecular weight excluding hydrogens is 211 g/mol. The zero-order valence-corrected chi connectivity index (χ0v) is 9.11. The molecule has 2 aromatic rings. The molecular formula is C11H11O3P. The Hall–Kier alpha value is -1.15. The monoisotopic (exact) mass is 222 g/mol. The van der Waals surface area contributed by atoms with Gasteiger partial charge in [-0.25, -0.2) is 0 Å². The topological polar surface area (TPSA) is 57.5 Å². The van der Waals surface area contributed by atoms with Gasteiger partial charge < -0.3 is 9.79 Å². The molecule has 0 spiro atoms. The van der Waals surface area contributed by atoms with Crippen LogP contribution in [-0.4, -0.2) is 9.79 Å². The van der Waals surface area contributed by atoms with E-state index in [1.165, 1.54) is 0 Å². The number of hydrogen-bond donors (Lipinski definition) is 2. The first-order valence-electron chi connectivity index (χ1n) is 4.54. The fourth-order valence-electron chi connectivity index (χ4n) is 1.75. The number of aryl methyl sites for hydroxylation is 1. The van der Waals surface area contributed by atoms with E-state index in [2.05, 4.69) is 0 Å². The molecule has 0 bridgehead atoms. The first-order valence-corrected chi connectivity index (χ1v) is 6.16. The van der Waals surface area contributed by atoms with E-state index in [9.17, 15) is 14.4 Å². The molecule has 0 amide bonds. The summed E-state index contributed by atoms with van der Waals surface area (Å²) in [5, 5.41) is 1.62. The Morgan fingerprint density at radius 3 is 2.40 bits per heavy atom. The van der Waals surface area contributed by atoms with E-state index in [0.29, 0.717) is 10.9 Å². The standard InChI is InChI=1S/C11H11O3P/c1-8-6-7-9-4-2-3-5-10(9)11(8)15(12,13)14/h2-7H,1H3,(H2,12,13,14). The normalized spacial score (nSPS) is 11.9. The molecule has 0 heterocycles. The predicted octanol–water partition coefficient (Wildman–Crippen LogP) is 1.95. The lowest BCUT2D eigenvalue weighted by atomic mass is 10.1. The summed E-state index contributed by atoms with van der Waals surface area (Å²) < 4.78 is 11.4. The third-order valence-corrected chi connectivity index (χ3v) is 3.57. The first-order chi connectivity index (χ1) is 7.00. The average molecular weight is 222 g/mol. The Morgan fingerprint density at radius 2 is 1.73 bits per heavy atom. The van der Waals surface area contributed by atoms with Crippen molar-refractivity contribution in [2.24, 2.45) is 0 Å². The minimum Gasteiger partial charge on any atom is -0.321 e. The van der Waals surface area contributed by atoms with Gasteiger partial charge in [-0.05, 0) is 23.3 Å². The van der Waals surface area contributed by atoms with Crippen LogP contribution in [0.1, 0.15) is 5.56 Å². The minimum absolute atomic E-state index is 0.139. The maximum Gasteiger partial charge on any atom is 0.357 e. The molecule has 0 aliphatic rings. The van der Waals surface area contributed by atoms with Crippen LogP contribution in [0.3, 0.4) is 0 Å². The fraction of sp³-hybridized carbons (Fsp3) is 0.0909. The van der Waals surface area contributed by atoms with Crippen LogP contribution in [-0.2, 0) is 4.57 Å². The zero-order chi connectivity index (χ0) is 11.1. The molecule has 0 aliphatic carbocycles. The summed E-state index contributed by atoms with van der Waals surface area (Å²) in [4.78, 5) is 18.6. The van der Waals surface area contributed by atoms with Crippen LogP contribution in [0.2, 0.25) is 0 Å². The van der Waals surface area contributed by atoms with Gasteiger partial charge in [0.2, 0.25) is 0 Å². The fourth-order valence-corrected chi connectivity index (χ4v) is 2.80. The molecule has 4 heteroatoms. The third-order valence-electron chi connectivity index (χ3n) is 2.39. The number of rotatable bonds is 1. The first kappa shape index (κ1) is 10.4. The number of fused-ring (bicyclic) bond motifs is 1. The lowest BCUT2D eigenvalue weighted by molar-refractivity contribution is 0.387. The molecule has 2 aromatic carbocycles. The van der Waals surface area contributed by atoms with Crippen LogP contribution in [0.15, 0.2) is 36.4 Å². The molecule has 0 aliphatic heterocycles. The lowest BCUT2D eigenvalue weighted by Gasteiger charge is -2.11. The third kappa shape index (κ3) is 1.82. The second-order valence-corrected chi connectivity index (χ2v) is 5.03. The molecule has 2 N–H and O–H groups in total. The highest BCUT2D eigenvalue weighted by Gasteiger charge is 2.22. The Labute approximate surface area is 87.5 Å². The molecule has 78 valence electrons. The van der Waals surface area contributed by atoms with E-state index in [1.807, 2.05) is 18.2 Å². The van der Waals surface area contributed by atoms with Crippen molar-refractivity contribution in [3.05, 3.63) is 42.0 Å². The highest BCUT2D eigenvalue weighted by molar-refractivity contribution is 7.61. The van der Waals surface area contributed by atoms with Crippen molar-refractivity contribution < 1.29 is 14.4 Å². The summed E-state index contributed by atoms with van der Waals surface area (Å²) in [6.07, 6.45) is 0. The summed E-state index contributed by atoms with van der Waals surface area (Å²) in [6, 6.07) is 10.8. The highest BCUT2D eigenvalue weighted by atomic mass is 31.2. The van der Waals surface area contributed by atoms with Crippen molar-refractivity contribution in [1.29, 1.82) is 0 Å². The summed E-state index contributed by atoms with van der Waals surface area (Å²) in [6.45, 7) is 1.71. The SMILES string of the molecule is Cc1ccc2ccccc2c1P(=O)(O)O. The maximum atomic E-state index is 11.4. The second-order valence-electron chi connectivity index (χ2n) is 3.50. The van der Waals surface area contributed by atoms with Crippen LogP contribution >= 0.6 is 7.60 Å². The molecule has 0 aromatic heterocycles. The maximum absolute atomic E-state index is 11.4. The molecule has 0 saturated heterocycles. The van der Waals surface area contributed by atoms with E-state index in [-0.39, 0.29) is 5.30 Å². The van der Waals surface area contributed by atoms with Gasteiger partial charge in [-0.3, -0.25) is 4.57 Å². The lowest BCUT2D eigenvalue weighted by Crippen LogP contribution is -2.09. The van der Waals surface area contributed by atoms with Crippen molar-refractivity contribution in [3.63, 3.8) is 0 Å². The number of hydrogen-bond acceptors (Lipinski definition) is 1. The van der Waals surface area contributed by atoms with Gasteiger partial charge in [0, 0.05) is 0 Å². The van der Waals surface area contributed by atoms with Gasteiger partial charge >= 0.3 is 7.60 Å². The van der Waals surface area contributed by atoms with Crippen molar-refractivity contribution in [1.82, 2.24) is 0 Å². The quantitative estimate of drug-likeness (QED) is 0.725. The molecule has 0 unspecified atom stereocenters. The van der Waals surface area contributed by atoms with E-state index in [1.54, 1.807) is 25.1 Å².